The van der Waals surface area contributed by atoms with Crippen LogP contribution in [0.3, 0.4) is 0 Å². The van der Waals surface area contributed by atoms with Crippen molar-refractivity contribution >= 4 is 22.6 Å². The first-order chi connectivity index (χ1) is 10.2. The fourth-order valence-electron chi connectivity index (χ4n) is 3.51. The first-order valence-corrected chi connectivity index (χ1v) is 7.29. The average Bonchev–Trinajstić information content (AvgIpc) is 2.47. The van der Waals surface area contributed by atoms with Crippen molar-refractivity contribution in [3.63, 3.8) is 0 Å². The van der Waals surface area contributed by atoms with Gasteiger partial charge in [-0.05, 0) is 28.3 Å². The number of nitrogens with one attached hydrogen (secondary N) is 1. The van der Waals surface area contributed by atoms with Gasteiger partial charge in [0, 0.05) is 19.5 Å². The first-order valence-electron chi connectivity index (χ1n) is 7.29. The molecule has 106 valence electrons. The Morgan fingerprint density at radius 3 is 2.29 bits per heavy atom. The van der Waals surface area contributed by atoms with Crippen molar-refractivity contribution < 1.29 is 9.59 Å². The van der Waals surface area contributed by atoms with E-state index < -0.39 is 0 Å². The van der Waals surface area contributed by atoms with Gasteiger partial charge in [0.25, 0.3) is 0 Å². The third-order valence-electron chi connectivity index (χ3n) is 4.48. The van der Waals surface area contributed by atoms with Crippen LogP contribution in [0.25, 0.3) is 10.8 Å². The molecule has 2 amide bonds. The summed E-state index contributed by atoms with van der Waals surface area (Å²) in [6.07, 6.45) is 1.04. The van der Waals surface area contributed by atoms with E-state index >= 15 is 0 Å². The summed E-state index contributed by atoms with van der Waals surface area (Å²) in [6.45, 7) is 1.53. The van der Waals surface area contributed by atoms with Crippen LogP contribution < -0.4 is 5.32 Å². The maximum Gasteiger partial charge on any atom is 0.243 e. The minimum Gasteiger partial charge on any atom is -0.295 e. The minimum absolute atomic E-state index is 0.155. The van der Waals surface area contributed by atoms with E-state index in [0.717, 1.165) is 13.1 Å². The Bertz CT molecular complexity index is 713. The lowest BCUT2D eigenvalue weighted by atomic mass is 9.93. The maximum atomic E-state index is 12.1. The number of carbonyl (C=O) groups is 2. The molecule has 2 aliphatic heterocycles. The Labute approximate surface area is 122 Å². The Morgan fingerprint density at radius 2 is 1.67 bits per heavy atom. The van der Waals surface area contributed by atoms with E-state index in [1.165, 1.54) is 21.9 Å². The molecule has 0 radical (unpaired) electrons. The number of carbonyl (C=O) groups excluding carboxylic acids is 2. The molecule has 2 aromatic carbocycles. The maximum absolute atomic E-state index is 12.1. The van der Waals surface area contributed by atoms with Crippen LogP contribution in [0.4, 0.5) is 0 Å². The second kappa shape index (κ2) is 4.67. The molecular weight excluding hydrogens is 264 g/mol. The fourth-order valence-corrected chi connectivity index (χ4v) is 3.51. The molecule has 21 heavy (non-hydrogen) atoms. The van der Waals surface area contributed by atoms with Gasteiger partial charge in [-0.1, -0.05) is 36.4 Å². The third-order valence-corrected chi connectivity index (χ3v) is 4.48. The molecule has 0 spiro atoms. The predicted molar refractivity (Wildman–Crippen MR) is 79.4 cm³/mol. The van der Waals surface area contributed by atoms with Crippen LogP contribution in [-0.4, -0.2) is 22.8 Å². The van der Waals surface area contributed by atoms with Gasteiger partial charge in [-0.2, -0.15) is 0 Å². The summed E-state index contributed by atoms with van der Waals surface area (Å²) >= 11 is 0. The molecule has 2 aliphatic rings. The number of nitrogens with zero attached hydrogens (tertiary/aromatic N) is 1. The predicted octanol–water partition coefficient (Wildman–Crippen LogP) is 1.96. The lowest BCUT2D eigenvalue weighted by Crippen LogP contribution is -2.52. The summed E-state index contributed by atoms with van der Waals surface area (Å²) < 4.78 is 0. The lowest BCUT2D eigenvalue weighted by Gasteiger charge is -2.36. The number of piperidine rings is 1. The highest BCUT2D eigenvalue weighted by Gasteiger charge is 2.33. The molecule has 4 nitrogen and oxygen atoms in total. The summed E-state index contributed by atoms with van der Waals surface area (Å²) in [7, 11) is 0. The second-order valence-electron chi connectivity index (χ2n) is 5.80. The van der Waals surface area contributed by atoms with Gasteiger partial charge >= 0.3 is 0 Å². The molecule has 0 bridgehead atoms. The molecule has 1 atom stereocenters. The van der Waals surface area contributed by atoms with Gasteiger partial charge in [0.2, 0.25) is 11.8 Å². The summed E-state index contributed by atoms with van der Waals surface area (Å²) in [6, 6.07) is 12.4. The molecule has 1 saturated heterocycles. The minimum atomic E-state index is -0.202. The lowest BCUT2D eigenvalue weighted by molar-refractivity contribution is -0.138. The van der Waals surface area contributed by atoms with Crippen LogP contribution in [0.5, 0.6) is 0 Å². The molecule has 0 saturated carbocycles. The Kier molecular flexibility index (Phi) is 2.79. The van der Waals surface area contributed by atoms with E-state index in [2.05, 4.69) is 46.6 Å². The highest BCUT2D eigenvalue weighted by atomic mass is 16.2. The molecule has 4 rings (SSSR count). The Balaban J connectivity index is 1.70. The zero-order chi connectivity index (χ0) is 14.4. The molecule has 0 aliphatic carbocycles. The van der Waals surface area contributed by atoms with Crippen LogP contribution in [0.15, 0.2) is 36.4 Å². The van der Waals surface area contributed by atoms with Crippen LogP contribution in [0.1, 0.15) is 24.0 Å². The number of rotatable bonds is 1. The molecule has 2 aromatic rings. The van der Waals surface area contributed by atoms with Crippen molar-refractivity contribution in [1.82, 2.24) is 10.2 Å². The number of hydrogen-bond donors (Lipinski definition) is 1. The van der Waals surface area contributed by atoms with Crippen LogP contribution in [-0.2, 0) is 22.7 Å². The number of hydrogen-bond acceptors (Lipinski definition) is 3. The zero-order valence-corrected chi connectivity index (χ0v) is 11.6. The van der Waals surface area contributed by atoms with Crippen molar-refractivity contribution in [2.75, 3.05) is 0 Å². The molecule has 0 aromatic heterocycles. The Morgan fingerprint density at radius 1 is 1.00 bits per heavy atom. The number of benzene rings is 2. The topological polar surface area (TPSA) is 49.4 Å². The van der Waals surface area contributed by atoms with E-state index in [1.54, 1.807) is 0 Å². The van der Waals surface area contributed by atoms with Gasteiger partial charge in [0.1, 0.15) is 0 Å². The molecule has 1 unspecified atom stereocenters. The highest BCUT2D eigenvalue weighted by molar-refractivity contribution is 6.00. The summed E-state index contributed by atoms with van der Waals surface area (Å²) in [5.41, 5.74) is 2.53. The normalized spacial score (nSPS) is 22.4. The van der Waals surface area contributed by atoms with Gasteiger partial charge in [0.15, 0.2) is 0 Å². The van der Waals surface area contributed by atoms with Crippen LogP contribution in [0.2, 0.25) is 0 Å². The van der Waals surface area contributed by atoms with Crippen LogP contribution >= 0.6 is 0 Å². The SMILES string of the molecule is O=C1CCC(N2Cc3cccc4cccc(c34)C2)C(=O)N1. The van der Waals surface area contributed by atoms with Gasteiger partial charge in [-0.25, -0.2) is 0 Å². The molecule has 1 fully saturated rings. The van der Waals surface area contributed by atoms with E-state index in [0.29, 0.717) is 12.8 Å². The van der Waals surface area contributed by atoms with E-state index in [-0.39, 0.29) is 17.9 Å². The zero-order valence-electron chi connectivity index (χ0n) is 11.6. The molecule has 4 heteroatoms. The number of imide groups is 1. The van der Waals surface area contributed by atoms with Crippen molar-refractivity contribution in [2.24, 2.45) is 0 Å². The molecular formula is C17H16N2O2. The van der Waals surface area contributed by atoms with Crippen molar-refractivity contribution in [3.8, 4) is 0 Å². The first kappa shape index (κ1) is 12.5. The van der Waals surface area contributed by atoms with E-state index in [4.69, 9.17) is 0 Å². The van der Waals surface area contributed by atoms with Crippen molar-refractivity contribution in [2.45, 2.75) is 32.0 Å². The van der Waals surface area contributed by atoms with Crippen molar-refractivity contribution in [3.05, 3.63) is 47.5 Å². The average molecular weight is 280 g/mol. The van der Waals surface area contributed by atoms with Gasteiger partial charge in [0.05, 0.1) is 6.04 Å². The third kappa shape index (κ3) is 2.03. The summed E-state index contributed by atoms with van der Waals surface area (Å²) in [5, 5.41) is 5.04. The van der Waals surface area contributed by atoms with Crippen molar-refractivity contribution in [1.29, 1.82) is 0 Å². The highest BCUT2D eigenvalue weighted by Crippen LogP contribution is 2.31. The van der Waals surface area contributed by atoms with Crippen LogP contribution in [0, 0.1) is 0 Å². The molecule has 1 N–H and O–H groups in total. The number of amides is 2. The summed E-state index contributed by atoms with van der Waals surface area (Å²) in [5.74, 6) is -0.312. The Hall–Kier alpha value is -2.20. The van der Waals surface area contributed by atoms with Gasteiger partial charge in [-0.15, -0.1) is 0 Å². The van der Waals surface area contributed by atoms with E-state index in [1.807, 2.05) is 0 Å². The van der Waals surface area contributed by atoms with Gasteiger partial charge in [-0.3, -0.25) is 19.8 Å². The second-order valence-corrected chi connectivity index (χ2v) is 5.80. The largest absolute Gasteiger partial charge is 0.295 e. The fraction of sp³-hybridized carbons (Fsp3) is 0.294. The standard InChI is InChI=1S/C17H16N2O2/c20-15-8-7-14(17(21)18-15)19-9-12-5-1-3-11-4-2-6-13(10-19)16(11)12/h1-6,14H,7-10H2,(H,18,20,21). The quantitative estimate of drug-likeness (QED) is 0.812. The summed E-state index contributed by atoms with van der Waals surface area (Å²) in [4.78, 5) is 25.6. The smallest absolute Gasteiger partial charge is 0.243 e. The van der Waals surface area contributed by atoms with Gasteiger partial charge < -0.3 is 0 Å². The monoisotopic (exact) mass is 280 g/mol. The van der Waals surface area contributed by atoms with E-state index in [9.17, 15) is 9.59 Å². The molecule has 2 heterocycles.